The minimum absolute atomic E-state index is 0.116. The second-order valence-electron chi connectivity index (χ2n) is 11.2. The van der Waals surface area contributed by atoms with Gasteiger partial charge in [0.1, 0.15) is 11.6 Å². The van der Waals surface area contributed by atoms with Crippen molar-refractivity contribution in [1.82, 2.24) is 24.5 Å². The molecule has 1 aliphatic heterocycles. The third-order valence-corrected chi connectivity index (χ3v) is 8.13. The Balaban J connectivity index is 1.70. The van der Waals surface area contributed by atoms with Gasteiger partial charge >= 0.3 is 0 Å². The number of fused-ring (bicyclic) bond motifs is 3. The first kappa shape index (κ1) is 26.4. The number of benzene rings is 2. The first-order valence-corrected chi connectivity index (χ1v) is 13.6. The van der Waals surface area contributed by atoms with Gasteiger partial charge in [-0.3, -0.25) is 4.98 Å². The average molecular weight is 544 g/mol. The van der Waals surface area contributed by atoms with Crippen LogP contribution in [0.15, 0.2) is 48.7 Å². The summed E-state index contributed by atoms with van der Waals surface area (Å²) in [6.45, 7) is 6.71. The molecule has 8 nitrogen and oxygen atoms in total. The number of hydrogen-bond donors (Lipinski definition) is 1. The molecule has 1 N–H and O–H groups in total. The van der Waals surface area contributed by atoms with E-state index in [1.807, 2.05) is 50.5 Å². The van der Waals surface area contributed by atoms with Crippen molar-refractivity contribution in [3.63, 3.8) is 0 Å². The number of nitrogens with zero attached hydrogens (tertiary/aromatic N) is 5. The molecule has 0 saturated carbocycles. The molecule has 2 aromatic carbocycles. The Morgan fingerprint density at radius 1 is 1.10 bits per heavy atom. The Bertz CT molecular complexity index is 1690. The van der Waals surface area contributed by atoms with Crippen LogP contribution in [-0.2, 0) is 17.4 Å². The molecule has 9 heteroatoms. The van der Waals surface area contributed by atoms with Gasteiger partial charge in [0.15, 0.2) is 0 Å². The van der Waals surface area contributed by atoms with Crippen molar-refractivity contribution in [2.45, 2.75) is 45.3 Å². The number of halogens is 1. The number of methoxy groups -OCH3 is 1. The van der Waals surface area contributed by atoms with E-state index >= 15 is 4.39 Å². The maximum Gasteiger partial charge on any atom is 0.132 e. The first-order chi connectivity index (χ1) is 19.2. The van der Waals surface area contributed by atoms with Crippen LogP contribution in [0.4, 0.5) is 4.39 Å². The standard InChI is InChI=1S/C31H34FN5O3/c1-18-29(36(4)35-34-18)20-14-27-28(33-17-20)24-8-6-21(31(2,3)38)15-26(24)37(27)30(19-10-12-40-13-11-19)23-9-7-22(39-5)16-25(23)32/h6-9,14-17,19,30,38H,10-13H2,1-5H3. The summed E-state index contributed by atoms with van der Waals surface area (Å²) >= 11 is 0. The number of rotatable bonds is 6. The molecule has 5 aromatic rings. The van der Waals surface area contributed by atoms with Gasteiger partial charge in [-0.25, -0.2) is 9.07 Å². The summed E-state index contributed by atoms with van der Waals surface area (Å²) < 4.78 is 30.9. The monoisotopic (exact) mass is 543 g/mol. The van der Waals surface area contributed by atoms with Crippen molar-refractivity contribution in [2.75, 3.05) is 20.3 Å². The third-order valence-electron chi connectivity index (χ3n) is 8.13. The Hall–Kier alpha value is -3.82. The highest BCUT2D eigenvalue weighted by Crippen LogP contribution is 2.43. The molecule has 4 heterocycles. The SMILES string of the molecule is COc1ccc(C(C2CCOCC2)n2c3cc(C(C)(C)O)ccc3c3ncc(-c4c(C)nnn4C)cc32)c(F)c1. The molecule has 1 unspecified atom stereocenters. The van der Waals surface area contributed by atoms with Crippen LogP contribution in [0.25, 0.3) is 33.2 Å². The normalized spacial score (nSPS) is 15.7. The zero-order chi connectivity index (χ0) is 28.2. The molecule has 0 bridgehead atoms. The molecular weight excluding hydrogens is 509 g/mol. The quantitative estimate of drug-likeness (QED) is 0.296. The molecule has 0 spiro atoms. The van der Waals surface area contributed by atoms with Crippen molar-refractivity contribution < 1.29 is 19.0 Å². The lowest BCUT2D eigenvalue weighted by Gasteiger charge is -2.33. The fourth-order valence-corrected chi connectivity index (χ4v) is 6.08. The molecule has 0 aliphatic carbocycles. The molecule has 1 atom stereocenters. The molecule has 1 aliphatic rings. The van der Waals surface area contributed by atoms with Crippen molar-refractivity contribution in [3.05, 3.63) is 71.3 Å². The van der Waals surface area contributed by atoms with Crippen molar-refractivity contribution >= 4 is 21.9 Å². The summed E-state index contributed by atoms with van der Waals surface area (Å²) in [6, 6.07) is 12.8. The van der Waals surface area contributed by atoms with Crippen LogP contribution in [0.5, 0.6) is 5.75 Å². The topological polar surface area (TPSA) is 87.2 Å². The van der Waals surface area contributed by atoms with Gasteiger partial charge in [-0.2, -0.15) is 0 Å². The molecule has 0 amide bonds. The predicted octanol–water partition coefficient (Wildman–Crippen LogP) is 5.68. The molecule has 208 valence electrons. The summed E-state index contributed by atoms with van der Waals surface area (Å²) in [5, 5.41) is 20.3. The number of hydrogen-bond acceptors (Lipinski definition) is 6. The summed E-state index contributed by atoms with van der Waals surface area (Å²) in [5.41, 5.74) is 5.47. The third kappa shape index (κ3) is 4.43. The van der Waals surface area contributed by atoms with E-state index in [4.69, 9.17) is 14.5 Å². The van der Waals surface area contributed by atoms with Crippen LogP contribution in [0.3, 0.4) is 0 Å². The van der Waals surface area contributed by atoms with Gasteiger partial charge in [0, 0.05) is 49.0 Å². The number of aryl methyl sites for hydroxylation is 2. The summed E-state index contributed by atoms with van der Waals surface area (Å²) in [5.74, 6) is 0.270. The van der Waals surface area contributed by atoms with Crippen LogP contribution in [-0.4, -0.2) is 50.0 Å². The minimum atomic E-state index is -1.05. The van der Waals surface area contributed by atoms with Gasteiger partial charge in [0.05, 0.1) is 46.7 Å². The number of aliphatic hydroxyl groups is 1. The van der Waals surface area contributed by atoms with Gasteiger partial charge in [-0.15, -0.1) is 5.10 Å². The van der Waals surface area contributed by atoms with Gasteiger partial charge in [0.25, 0.3) is 0 Å². The molecule has 40 heavy (non-hydrogen) atoms. The van der Waals surface area contributed by atoms with Crippen molar-refractivity contribution in [3.8, 4) is 17.0 Å². The van der Waals surface area contributed by atoms with E-state index in [-0.39, 0.29) is 17.8 Å². The molecule has 3 aromatic heterocycles. The zero-order valence-electron chi connectivity index (χ0n) is 23.5. The number of ether oxygens (including phenoxy) is 2. The fraction of sp³-hybridized carbons (Fsp3) is 0.387. The Morgan fingerprint density at radius 3 is 2.52 bits per heavy atom. The van der Waals surface area contributed by atoms with Crippen LogP contribution >= 0.6 is 0 Å². The van der Waals surface area contributed by atoms with Gasteiger partial charge < -0.3 is 19.1 Å². The Labute approximate surface area is 232 Å². The van der Waals surface area contributed by atoms with Crippen LogP contribution in [0, 0.1) is 18.7 Å². The second kappa shape index (κ2) is 9.98. The van der Waals surface area contributed by atoms with Crippen LogP contribution < -0.4 is 4.74 Å². The Kier molecular flexibility index (Phi) is 6.59. The highest BCUT2D eigenvalue weighted by atomic mass is 19.1. The zero-order valence-corrected chi connectivity index (χ0v) is 23.5. The van der Waals surface area contributed by atoms with Crippen molar-refractivity contribution in [1.29, 1.82) is 0 Å². The van der Waals surface area contributed by atoms with Gasteiger partial charge in [-0.1, -0.05) is 23.4 Å². The summed E-state index contributed by atoms with van der Waals surface area (Å²) in [4.78, 5) is 4.94. The van der Waals surface area contributed by atoms with Crippen LogP contribution in [0.2, 0.25) is 0 Å². The van der Waals surface area contributed by atoms with Gasteiger partial charge in [0.2, 0.25) is 0 Å². The number of pyridine rings is 1. The smallest absolute Gasteiger partial charge is 0.132 e. The lowest BCUT2D eigenvalue weighted by Crippen LogP contribution is -2.27. The van der Waals surface area contributed by atoms with E-state index in [1.54, 1.807) is 18.5 Å². The maximum absolute atomic E-state index is 15.9. The highest BCUT2D eigenvalue weighted by molar-refractivity contribution is 6.07. The molecule has 0 radical (unpaired) electrons. The fourth-order valence-electron chi connectivity index (χ4n) is 6.08. The maximum atomic E-state index is 15.9. The van der Waals surface area contributed by atoms with E-state index in [1.165, 1.54) is 13.2 Å². The van der Waals surface area contributed by atoms with E-state index in [9.17, 15) is 5.11 Å². The summed E-state index contributed by atoms with van der Waals surface area (Å²) in [6.07, 6.45) is 3.43. The Morgan fingerprint density at radius 2 is 1.88 bits per heavy atom. The first-order valence-electron chi connectivity index (χ1n) is 13.6. The second-order valence-corrected chi connectivity index (χ2v) is 11.2. The van der Waals surface area contributed by atoms with Gasteiger partial charge in [-0.05, 0) is 63.3 Å². The highest BCUT2D eigenvalue weighted by Gasteiger charge is 2.33. The van der Waals surface area contributed by atoms with E-state index in [2.05, 4.69) is 20.9 Å². The van der Waals surface area contributed by atoms with E-state index < -0.39 is 5.60 Å². The molecular formula is C31H34FN5O3. The summed E-state index contributed by atoms with van der Waals surface area (Å²) in [7, 11) is 3.40. The lowest BCUT2D eigenvalue weighted by molar-refractivity contribution is 0.0548. The lowest BCUT2D eigenvalue weighted by atomic mass is 9.86. The minimum Gasteiger partial charge on any atom is -0.497 e. The van der Waals surface area contributed by atoms with E-state index in [0.717, 1.165) is 57.3 Å². The predicted molar refractivity (Wildman–Crippen MR) is 152 cm³/mol. The van der Waals surface area contributed by atoms with Crippen LogP contribution in [0.1, 0.15) is 49.6 Å². The molecule has 1 fully saturated rings. The molecule has 1 saturated heterocycles. The number of aromatic nitrogens is 5. The van der Waals surface area contributed by atoms with Crippen molar-refractivity contribution in [2.24, 2.45) is 13.0 Å². The average Bonchev–Trinajstić information content (AvgIpc) is 3.45. The largest absolute Gasteiger partial charge is 0.497 e. The van der Waals surface area contributed by atoms with E-state index in [0.29, 0.717) is 24.5 Å². The molecule has 6 rings (SSSR count).